The zero-order valence-electron chi connectivity index (χ0n) is 18.6. The van der Waals surface area contributed by atoms with E-state index < -0.39 is 16.9 Å². The first-order valence-corrected chi connectivity index (χ1v) is 13.5. The third kappa shape index (κ3) is 21.2. The van der Waals surface area contributed by atoms with Gasteiger partial charge in [0.25, 0.3) is 0 Å². The van der Waals surface area contributed by atoms with Gasteiger partial charge in [0.2, 0.25) is 0 Å². The topological polar surface area (TPSA) is 96.2 Å². The summed E-state index contributed by atoms with van der Waals surface area (Å²) >= 11 is 0. The molecule has 0 heterocycles. The lowest BCUT2D eigenvalue weighted by Gasteiger charge is -2.33. The molecule has 0 aliphatic heterocycles. The summed E-state index contributed by atoms with van der Waals surface area (Å²) in [4.78, 5) is 25.7. The second kappa shape index (κ2) is 22.2. The minimum Gasteiger partial charge on any atom is -0.328 e. The molecule has 28 heavy (non-hydrogen) atoms. The van der Waals surface area contributed by atoms with E-state index in [2.05, 4.69) is 32.2 Å². The predicted octanol–water partition coefficient (Wildman–Crippen LogP) is 6.88. The van der Waals surface area contributed by atoms with Crippen molar-refractivity contribution in [2.75, 3.05) is 6.61 Å². The molecule has 1 atom stereocenters. The average Bonchev–Trinajstić information content (AvgIpc) is 2.64. The maximum absolute atomic E-state index is 11.2. The van der Waals surface area contributed by atoms with Gasteiger partial charge < -0.3 is 23.7 Å². The van der Waals surface area contributed by atoms with Crippen molar-refractivity contribution in [1.29, 1.82) is 0 Å². The molecule has 0 spiro atoms. The molecule has 0 aliphatic rings. The highest BCUT2D eigenvalue weighted by atomic mass is 31.2. The molecule has 0 aromatic heterocycles. The van der Waals surface area contributed by atoms with E-state index >= 15 is 0 Å². The molecule has 0 radical (unpaired) electrons. The van der Waals surface area contributed by atoms with Gasteiger partial charge in [-0.05, 0) is 25.7 Å². The van der Waals surface area contributed by atoms with Crippen LogP contribution in [-0.4, -0.2) is 26.9 Å². The summed E-state index contributed by atoms with van der Waals surface area (Å²) in [5, 5.41) is 0. The Morgan fingerprint density at radius 3 is 1.57 bits per heavy atom. The summed E-state index contributed by atoms with van der Waals surface area (Å²) in [5.41, 5.74) is -0.342. The molecule has 0 saturated carbocycles. The third-order valence-electron chi connectivity index (χ3n) is 4.72. The Morgan fingerprint density at radius 2 is 1.18 bits per heavy atom. The van der Waals surface area contributed by atoms with Crippen molar-refractivity contribution in [2.24, 2.45) is 0 Å². The van der Waals surface area contributed by atoms with Crippen molar-refractivity contribution < 1.29 is 28.3 Å². The van der Waals surface area contributed by atoms with Crippen LogP contribution in [-0.2, 0) is 13.6 Å². The minimum absolute atomic E-state index is 0.342. The van der Waals surface area contributed by atoms with E-state index in [-0.39, 0.29) is 5.60 Å². The van der Waals surface area contributed by atoms with Gasteiger partial charge in [-0.1, -0.05) is 91.9 Å². The Labute approximate surface area is 175 Å². The molecule has 0 aliphatic carbocycles. The van der Waals surface area contributed by atoms with Crippen LogP contribution in [0.25, 0.3) is 0 Å². The quantitative estimate of drug-likeness (QED) is 0.157. The van der Waals surface area contributed by atoms with Crippen molar-refractivity contribution in [1.82, 2.24) is 0 Å². The lowest BCUT2D eigenvalue weighted by molar-refractivity contribution is 0.0313. The van der Waals surface area contributed by atoms with Gasteiger partial charge in [0.15, 0.2) is 0 Å². The van der Waals surface area contributed by atoms with Crippen molar-refractivity contribution in [2.45, 2.75) is 123 Å². The Kier molecular flexibility index (Phi) is 24.3. The van der Waals surface area contributed by atoms with Crippen LogP contribution in [0.4, 0.5) is 0 Å². The van der Waals surface area contributed by atoms with Crippen LogP contribution < -0.4 is 0 Å². The summed E-state index contributed by atoms with van der Waals surface area (Å²) in [6.45, 7) is 9.07. The lowest BCUT2D eigenvalue weighted by atomic mass is 9.86. The first-order chi connectivity index (χ1) is 13.4. The van der Waals surface area contributed by atoms with Crippen LogP contribution in [0.1, 0.15) is 118 Å². The smallest absolute Gasteiger partial charge is 0.327 e. The fraction of sp³-hybridized carbons (Fsp3) is 1.00. The van der Waals surface area contributed by atoms with Gasteiger partial charge in [0.05, 0.1) is 12.2 Å². The second-order valence-corrected chi connectivity index (χ2v) is 8.86. The SMILES string of the molecule is CCCCCC(CCCC)(CCCCC)O[PH](=O)O.CCCCCOP(O)O. The highest BCUT2D eigenvalue weighted by molar-refractivity contribution is 7.39. The van der Waals surface area contributed by atoms with Gasteiger partial charge in [-0.15, -0.1) is 0 Å². The van der Waals surface area contributed by atoms with E-state index in [9.17, 15) is 9.46 Å². The molecular weight excluding hydrogens is 398 g/mol. The van der Waals surface area contributed by atoms with Crippen LogP contribution in [0.15, 0.2) is 0 Å². The Bertz CT molecular complexity index is 333. The van der Waals surface area contributed by atoms with Gasteiger partial charge in [0, 0.05) is 0 Å². The average molecular weight is 445 g/mol. The highest BCUT2D eigenvalue weighted by Gasteiger charge is 2.31. The summed E-state index contributed by atoms with van der Waals surface area (Å²) < 4.78 is 21.3. The number of rotatable bonds is 18. The maximum atomic E-state index is 11.2. The molecule has 0 rings (SSSR count). The Morgan fingerprint density at radius 1 is 0.750 bits per heavy atom. The van der Waals surface area contributed by atoms with Crippen LogP contribution in [0.2, 0.25) is 0 Å². The first-order valence-electron chi connectivity index (χ1n) is 11.1. The molecular formula is C20H46O6P2. The van der Waals surface area contributed by atoms with Crippen LogP contribution in [0, 0.1) is 0 Å². The molecule has 3 N–H and O–H groups in total. The molecule has 0 saturated heterocycles. The van der Waals surface area contributed by atoms with E-state index in [1.165, 1.54) is 25.7 Å². The summed E-state index contributed by atoms with van der Waals surface area (Å²) in [6.07, 6.45) is 15.0. The molecule has 172 valence electrons. The Hall–Kier alpha value is 0.460. The number of hydrogen-bond donors (Lipinski definition) is 3. The van der Waals surface area contributed by atoms with Crippen molar-refractivity contribution in [3.8, 4) is 0 Å². The summed E-state index contributed by atoms with van der Waals surface area (Å²) in [7, 11) is -4.96. The molecule has 0 fully saturated rings. The largest absolute Gasteiger partial charge is 0.328 e. The molecule has 6 nitrogen and oxygen atoms in total. The van der Waals surface area contributed by atoms with E-state index in [4.69, 9.17) is 14.3 Å². The molecule has 0 aromatic carbocycles. The predicted molar refractivity (Wildman–Crippen MR) is 120 cm³/mol. The number of unbranched alkanes of at least 4 members (excludes halogenated alkanes) is 7. The van der Waals surface area contributed by atoms with E-state index in [0.29, 0.717) is 6.61 Å². The minimum atomic E-state index is -2.84. The maximum Gasteiger partial charge on any atom is 0.327 e. The third-order valence-corrected chi connectivity index (χ3v) is 5.74. The van der Waals surface area contributed by atoms with Gasteiger partial charge in [-0.25, -0.2) is 0 Å². The van der Waals surface area contributed by atoms with Crippen molar-refractivity contribution in [3.05, 3.63) is 0 Å². The zero-order chi connectivity index (χ0) is 21.7. The molecule has 8 heteroatoms. The monoisotopic (exact) mass is 444 g/mol. The van der Waals surface area contributed by atoms with Crippen molar-refractivity contribution in [3.63, 3.8) is 0 Å². The highest BCUT2D eigenvalue weighted by Crippen LogP contribution is 2.38. The van der Waals surface area contributed by atoms with E-state index in [1.807, 2.05) is 0 Å². The van der Waals surface area contributed by atoms with Crippen LogP contribution in [0.3, 0.4) is 0 Å². The van der Waals surface area contributed by atoms with Crippen molar-refractivity contribution >= 4 is 16.9 Å². The van der Waals surface area contributed by atoms with E-state index in [0.717, 1.165) is 64.2 Å². The fourth-order valence-corrected chi connectivity index (χ4v) is 4.07. The molecule has 1 unspecified atom stereocenters. The van der Waals surface area contributed by atoms with E-state index in [1.54, 1.807) is 0 Å². The standard InChI is InChI=1S/C15H33O3P.C5H13O3P/c1-4-7-10-13-15(12-9-6-3,18-19(16)17)14-11-8-5-2;1-2-3-4-5-8-9(6)7/h19H,4-14H2,1-3H3,(H,16,17);6-7H,2-5H2,1H3. The molecule has 0 amide bonds. The van der Waals surface area contributed by atoms with Gasteiger partial charge >= 0.3 is 16.9 Å². The van der Waals surface area contributed by atoms with Crippen LogP contribution >= 0.6 is 16.9 Å². The van der Waals surface area contributed by atoms with Crippen LogP contribution in [0.5, 0.6) is 0 Å². The van der Waals surface area contributed by atoms with Gasteiger partial charge in [-0.2, -0.15) is 0 Å². The normalized spacial score (nSPS) is 12.7. The summed E-state index contributed by atoms with van der Waals surface area (Å²) in [5.74, 6) is 0. The van der Waals surface area contributed by atoms with Gasteiger partial charge in [-0.3, -0.25) is 4.57 Å². The first kappa shape index (κ1) is 30.7. The fourth-order valence-electron chi connectivity index (χ4n) is 3.10. The lowest BCUT2D eigenvalue weighted by Crippen LogP contribution is -2.30. The van der Waals surface area contributed by atoms with Gasteiger partial charge in [0.1, 0.15) is 0 Å². The Balaban J connectivity index is 0. The summed E-state index contributed by atoms with van der Waals surface area (Å²) in [6, 6.07) is 0. The molecule has 0 aromatic rings. The zero-order valence-corrected chi connectivity index (χ0v) is 20.5. The second-order valence-electron chi connectivity index (χ2n) is 7.36. The molecule has 0 bridgehead atoms. The number of hydrogen-bond acceptors (Lipinski definition) is 5.